The molecule has 1 aromatic carbocycles. The Morgan fingerprint density at radius 2 is 2.20 bits per heavy atom. The first kappa shape index (κ1) is 19.1. The molecule has 5 rings (SSSR count). The fourth-order valence-corrected chi connectivity index (χ4v) is 5.25. The molecule has 2 unspecified atom stereocenters. The molecule has 0 fully saturated rings. The molecule has 0 amide bonds. The summed E-state index contributed by atoms with van der Waals surface area (Å²) < 4.78 is 21.1. The number of aliphatic hydroxyl groups excluding tert-OH is 1. The molecule has 0 saturated heterocycles. The minimum absolute atomic E-state index is 0.179. The molecule has 0 saturated carbocycles. The Morgan fingerprint density at radius 3 is 2.93 bits per heavy atom. The van der Waals surface area contributed by atoms with Gasteiger partial charge in [-0.1, -0.05) is 0 Å². The van der Waals surface area contributed by atoms with Crippen molar-refractivity contribution in [2.75, 3.05) is 5.32 Å². The molecule has 3 heterocycles. The van der Waals surface area contributed by atoms with Gasteiger partial charge >= 0.3 is 0 Å². The summed E-state index contributed by atoms with van der Waals surface area (Å²) in [5.74, 6) is -0.220. The van der Waals surface area contributed by atoms with E-state index in [1.54, 1.807) is 23.6 Å². The highest BCUT2D eigenvalue weighted by molar-refractivity contribution is 5.87. The molecule has 1 aliphatic carbocycles. The van der Waals surface area contributed by atoms with E-state index in [-0.39, 0.29) is 29.6 Å². The van der Waals surface area contributed by atoms with Crippen molar-refractivity contribution in [1.82, 2.24) is 4.57 Å². The van der Waals surface area contributed by atoms with E-state index in [0.717, 1.165) is 47.3 Å². The normalized spacial score (nSPS) is 19.5. The van der Waals surface area contributed by atoms with Crippen LogP contribution in [-0.4, -0.2) is 16.1 Å². The van der Waals surface area contributed by atoms with Crippen LogP contribution in [0.5, 0.6) is 0 Å². The second-order valence-corrected chi connectivity index (χ2v) is 8.30. The molecule has 2 N–H and O–H groups in total. The number of ether oxygens (including phenoxy) is 1. The molecular formula is C23H23FN2O4. The van der Waals surface area contributed by atoms with Crippen LogP contribution in [0.3, 0.4) is 0 Å². The Bertz CT molecular complexity index is 1180. The van der Waals surface area contributed by atoms with E-state index < -0.39 is 6.10 Å². The van der Waals surface area contributed by atoms with Crippen molar-refractivity contribution in [3.05, 3.63) is 67.4 Å². The van der Waals surface area contributed by atoms with Crippen LogP contribution in [0.2, 0.25) is 0 Å². The minimum Gasteiger partial charge on any atom is -0.463 e. The molecule has 3 aliphatic rings. The lowest BCUT2D eigenvalue weighted by molar-refractivity contribution is -0.129. The first-order valence-corrected chi connectivity index (χ1v) is 10.2. The van der Waals surface area contributed by atoms with E-state index in [9.17, 15) is 19.1 Å². The molecule has 2 atom stereocenters. The standard InChI is InChI=1S/C23H23FN2O4/c1-11-13-4-3-5-14-16-8-26-20(22(16)25-19(21(13)14)7-18(11)24)6-15(12(2)28)17(23(26)29)9-30-10-27/h6-7,10,12,22,25,28H,3-5,8-9H2,1-2H3. The average molecular weight is 410 g/mol. The second-order valence-electron chi connectivity index (χ2n) is 8.30. The van der Waals surface area contributed by atoms with E-state index in [4.69, 9.17) is 4.74 Å². The van der Waals surface area contributed by atoms with Crippen LogP contribution in [0.25, 0.3) is 5.57 Å². The Kier molecular flexibility index (Phi) is 4.32. The summed E-state index contributed by atoms with van der Waals surface area (Å²) in [6.45, 7) is 3.96. The summed E-state index contributed by atoms with van der Waals surface area (Å²) in [6.07, 6.45) is 1.81. The lowest BCUT2D eigenvalue weighted by Gasteiger charge is -2.33. The maximum atomic E-state index is 14.6. The van der Waals surface area contributed by atoms with Gasteiger partial charge in [-0.15, -0.1) is 0 Å². The van der Waals surface area contributed by atoms with Crippen molar-refractivity contribution in [2.45, 2.75) is 58.4 Å². The van der Waals surface area contributed by atoms with Crippen LogP contribution in [-0.2, 0) is 29.1 Å². The number of benzene rings is 1. The van der Waals surface area contributed by atoms with Crippen LogP contribution < -0.4 is 10.9 Å². The van der Waals surface area contributed by atoms with Gasteiger partial charge in [0.2, 0.25) is 0 Å². The number of hydrogen-bond acceptors (Lipinski definition) is 5. The number of fused-ring (bicyclic) bond motifs is 3. The molecule has 6 nitrogen and oxygen atoms in total. The van der Waals surface area contributed by atoms with Crippen molar-refractivity contribution >= 4 is 17.7 Å². The van der Waals surface area contributed by atoms with E-state index in [1.165, 1.54) is 5.57 Å². The van der Waals surface area contributed by atoms with Crippen LogP contribution >= 0.6 is 0 Å². The van der Waals surface area contributed by atoms with Crippen molar-refractivity contribution < 1.29 is 19.0 Å². The quantitative estimate of drug-likeness (QED) is 0.756. The molecule has 30 heavy (non-hydrogen) atoms. The predicted octanol–water partition coefficient (Wildman–Crippen LogP) is 3.29. The minimum atomic E-state index is -0.886. The lowest BCUT2D eigenvalue weighted by Crippen LogP contribution is -2.27. The zero-order valence-corrected chi connectivity index (χ0v) is 16.9. The number of carbonyl (C=O) groups is 1. The number of nitrogens with one attached hydrogen (secondary N) is 1. The van der Waals surface area contributed by atoms with Crippen LogP contribution in [0.4, 0.5) is 10.1 Å². The summed E-state index contributed by atoms with van der Waals surface area (Å²) in [6, 6.07) is 3.12. The van der Waals surface area contributed by atoms with Gasteiger partial charge in [-0.25, -0.2) is 4.39 Å². The summed E-state index contributed by atoms with van der Waals surface area (Å²) in [4.78, 5) is 23.9. The second kappa shape index (κ2) is 6.80. The van der Waals surface area contributed by atoms with Crippen molar-refractivity contribution in [1.29, 1.82) is 0 Å². The SMILES string of the molecule is Cc1c(F)cc2c3c1CCCC3=C1Cn3c(cc(C(C)O)c(COC=O)c3=O)C1N2. The zero-order chi connectivity index (χ0) is 21.2. The highest BCUT2D eigenvalue weighted by Gasteiger charge is 2.38. The van der Waals surface area contributed by atoms with E-state index in [0.29, 0.717) is 24.1 Å². The average Bonchev–Trinajstić information content (AvgIpc) is 3.10. The predicted molar refractivity (Wildman–Crippen MR) is 110 cm³/mol. The highest BCUT2D eigenvalue weighted by atomic mass is 19.1. The van der Waals surface area contributed by atoms with Gasteiger partial charge in [-0.2, -0.15) is 0 Å². The summed E-state index contributed by atoms with van der Waals surface area (Å²) in [7, 11) is 0. The lowest BCUT2D eigenvalue weighted by atomic mass is 9.78. The Hall–Kier alpha value is -2.93. The topological polar surface area (TPSA) is 80.6 Å². The van der Waals surface area contributed by atoms with Gasteiger partial charge in [0.25, 0.3) is 12.0 Å². The molecule has 2 aliphatic heterocycles. The molecule has 0 spiro atoms. The largest absolute Gasteiger partial charge is 0.463 e. The fraction of sp³-hybridized carbons (Fsp3) is 0.391. The van der Waals surface area contributed by atoms with Gasteiger partial charge < -0.3 is 19.7 Å². The summed E-state index contributed by atoms with van der Waals surface area (Å²) >= 11 is 0. The Morgan fingerprint density at radius 1 is 1.40 bits per heavy atom. The van der Waals surface area contributed by atoms with E-state index in [1.807, 2.05) is 6.92 Å². The van der Waals surface area contributed by atoms with Crippen LogP contribution in [0, 0.1) is 12.7 Å². The maximum absolute atomic E-state index is 14.6. The molecule has 0 bridgehead atoms. The number of rotatable bonds is 4. The monoisotopic (exact) mass is 410 g/mol. The van der Waals surface area contributed by atoms with Crippen molar-refractivity contribution in [3.63, 3.8) is 0 Å². The first-order valence-electron chi connectivity index (χ1n) is 10.2. The van der Waals surface area contributed by atoms with Crippen molar-refractivity contribution in [3.8, 4) is 0 Å². The highest BCUT2D eigenvalue weighted by Crippen LogP contribution is 2.50. The van der Waals surface area contributed by atoms with Crippen LogP contribution in [0.15, 0.2) is 22.5 Å². The van der Waals surface area contributed by atoms with Gasteiger partial charge in [0.15, 0.2) is 0 Å². The van der Waals surface area contributed by atoms with Gasteiger partial charge in [-0.05, 0) is 73.1 Å². The number of halogens is 1. The Balaban J connectivity index is 1.72. The third-order valence-electron chi connectivity index (χ3n) is 6.68. The number of allylic oxidation sites excluding steroid dienone is 1. The van der Waals surface area contributed by atoms with E-state index in [2.05, 4.69) is 5.32 Å². The van der Waals surface area contributed by atoms with Crippen molar-refractivity contribution in [2.24, 2.45) is 0 Å². The van der Waals surface area contributed by atoms with Gasteiger partial charge in [0, 0.05) is 23.5 Å². The molecule has 1 aromatic heterocycles. The zero-order valence-electron chi connectivity index (χ0n) is 16.9. The number of anilines is 1. The van der Waals surface area contributed by atoms with Crippen LogP contribution in [0.1, 0.15) is 65.4 Å². The molecule has 0 radical (unpaired) electrons. The first-order chi connectivity index (χ1) is 14.4. The third-order valence-corrected chi connectivity index (χ3v) is 6.68. The number of pyridine rings is 1. The number of nitrogens with zero attached hydrogens (tertiary/aromatic N) is 1. The Labute approximate surface area is 173 Å². The third kappa shape index (κ3) is 2.58. The molecular weight excluding hydrogens is 387 g/mol. The number of aliphatic hydroxyl groups is 1. The smallest absolute Gasteiger partial charge is 0.293 e. The number of hydrogen-bond donors (Lipinski definition) is 2. The van der Waals surface area contributed by atoms with Gasteiger partial charge in [-0.3, -0.25) is 9.59 Å². The summed E-state index contributed by atoms with van der Waals surface area (Å²) in [5, 5.41) is 13.7. The molecule has 7 heteroatoms. The molecule has 2 aromatic rings. The summed E-state index contributed by atoms with van der Waals surface area (Å²) in [5.41, 5.74) is 7.14. The molecule has 156 valence electrons. The number of aromatic nitrogens is 1. The maximum Gasteiger partial charge on any atom is 0.293 e. The van der Waals surface area contributed by atoms with Gasteiger partial charge in [0.05, 0.1) is 17.7 Å². The number of carbonyl (C=O) groups excluding carboxylic acids is 1. The fourth-order valence-electron chi connectivity index (χ4n) is 5.25. The van der Waals surface area contributed by atoms with Gasteiger partial charge in [0.1, 0.15) is 12.4 Å². The van der Waals surface area contributed by atoms with E-state index >= 15 is 0 Å².